The van der Waals surface area contributed by atoms with Crippen LogP contribution in [0, 0.1) is 0 Å². The molecule has 0 spiro atoms. The van der Waals surface area contributed by atoms with Crippen LogP contribution in [0.2, 0.25) is 5.02 Å². The normalized spacial score (nSPS) is 11.7. The molecule has 0 aliphatic rings. The molecule has 3 rings (SSSR count). The van der Waals surface area contributed by atoms with Crippen molar-refractivity contribution in [2.24, 2.45) is 0 Å². The lowest BCUT2D eigenvalue weighted by atomic mass is 10.1. The first-order valence-corrected chi connectivity index (χ1v) is 10.2. The molecule has 7 nitrogen and oxygen atoms in total. The SMILES string of the molecule is COc1ccc(C[C@H](NC(=O)Nc2ccc(Cl)cc2)c2nnc(CCO)s2)cc1. The molecule has 1 aromatic heterocycles. The maximum atomic E-state index is 12.5. The molecule has 0 aliphatic heterocycles. The number of nitrogens with one attached hydrogen (secondary N) is 2. The molecule has 152 valence electrons. The first kappa shape index (κ1) is 21.0. The van der Waals surface area contributed by atoms with Gasteiger partial charge in [-0.15, -0.1) is 10.2 Å². The van der Waals surface area contributed by atoms with Gasteiger partial charge in [0.05, 0.1) is 13.2 Å². The molecule has 0 bridgehead atoms. The number of aliphatic hydroxyl groups is 1. The lowest BCUT2D eigenvalue weighted by Gasteiger charge is -2.17. The topological polar surface area (TPSA) is 96.4 Å². The van der Waals surface area contributed by atoms with Gasteiger partial charge in [0, 0.05) is 23.7 Å². The summed E-state index contributed by atoms with van der Waals surface area (Å²) in [6.45, 7) is 0.00224. The van der Waals surface area contributed by atoms with Gasteiger partial charge in [-0.3, -0.25) is 0 Å². The summed E-state index contributed by atoms with van der Waals surface area (Å²) in [5.74, 6) is 0.764. The minimum Gasteiger partial charge on any atom is -0.497 e. The third-order valence-electron chi connectivity index (χ3n) is 4.11. The fraction of sp³-hybridized carbons (Fsp3) is 0.250. The molecule has 0 fully saturated rings. The van der Waals surface area contributed by atoms with Crippen LogP contribution in [0.5, 0.6) is 5.75 Å². The van der Waals surface area contributed by atoms with Crippen LogP contribution >= 0.6 is 22.9 Å². The zero-order valence-electron chi connectivity index (χ0n) is 15.8. The molecule has 9 heteroatoms. The molecular weight excluding hydrogens is 412 g/mol. The monoisotopic (exact) mass is 432 g/mol. The molecule has 1 atom stereocenters. The van der Waals surface area contributed by atoms with E-state index in [0.29, 0.717) is 28.6 Å². The minimum atomic E-state index is -0.374. The number of nitrogens with zero attached hydrogens (tertiary/aromatic N) is 2. The maximum absolute atomic E-state index is 12.5. The number of anilines is 1. The van der Waals surface area contributed by atoms with Crippen molar-refractivity contribution < 1.29 is 14.6 Å². The molecule has 2 aromatic carbocycles. The summed E-state index contributed by atoms with van der Waals surface area (Å²) in [5, 5.41) is 25.2. The predicted octanol–water partition coefficient (Wildman–Crippen LogP) is 3.84. The largest absolute Gasteiger partial charge is 0.497 e. The van der Waals surface area contributed by atoms with Crippen molar-refractivity contribution in [2.45, 2.75) is 18.9 Å². The molecule has 29 heavy (non-hydrogen) atoms. The third-order valence-corrected chi connectivity index (χ3v) is 5.46. The Bertz CT molecular complexity index is 932. The first-order valence-electron chi connectivity index (χ1n) is 8.96. The van der Waals surface area contributed by atoms with Crippen LogP contribution in [0.15, 0.2) is 48.5 Å². The lowest BCUT2D eigenvalue weighted by Crippen LogP contribution is -2.33. The van der Waals surface area contributed by atoms with E-state index in [2.05, 4.69) is 20.8 Å². The van der Waals surface area contributed by atoms with Crippen molar-refractivity contribution in [1.29, 1.82) is 0 Å². The Morgan fingerprint density at radius 2 is 1.90 bits per heavy atom. The van der Waals surface area contributed by atoms with E-state index in [0.717, 1.165) is 16.3 Å². The molecular formula is C20H21ClN4O3S. The van der Waals surface area contributed by atoms with Gasteiger partial charge in [0.1, 0.15) is 15.8 Å². The van der Waals surface area contributed by atoms with Crippen molar-refractivity contribution in [2.75, 3.05) is 19.0 Å². The maximum Gasteiger partial charge on any atom is 0.319 e. The number of aliphatic hydroxyl groups excluding tert-OH is 1. The van der Waals surface area contributed by atoms with E-state index in [1.165, 1.54) is 11.3 Å². The number of aromatic nitrogens is 2. The van der Waals surface area contributed by atoms with Crippen molar-refractivity contribution in [3.8, 4) is 5.75 Å². The second-order valence-corrected chi connectivity index (χ2v) is 7.75. The Labute approximate surface area is 177 Å². The van der Waals surface area contributed by atoms with Gasteiger partial charge >= 0.3 is 6.03 Å². The van der Waals surface area contributed by atoms with Crippen LogP contribution in [-0.2, 0) is 12.8 Å². The highest BCUT2D eigenvalue weighted by Gasteiger charge is 2.20. The van der Waals surface area contributed by atoms with Gasteiger partial charge in [-0.05, 0) is 48.4 Å². The average Bonchev–Trinajstić information content (AvgIpc) is 3.19. The number of methoxy groups -OCH3 is 1. The van der Waals surface area contributed by atoms with Gasteiger partial charge in [-0.1, -0.05) is 35.1 Å². The van der Waals surface area contributed by atoms with Gasteiger partial charge in [0.15, 0.2) is 0 Å². The second-order valence-electron chi connectivity index (χ2n) is 6.22. The van der Waals surface area contributed by atoms with Gasteiger partial charge < -0.3 is 20.5 Å². The van der Waals surface area contributed by atoms with Crippen LogP contribution in [0.1, 0.15) is 21.6 Å². The zero-order chi connectivity index (χ0) is 20.6. The first-order chi connectivity index (χ1) is 14.1. The summed E-state index contributed by atoms with van der Waals surface area (Å²) in [6.07, 6.45) is 0.968. The highest BCUT2D eigenvalue weighted by atomic mass is 35.5. The molecule has 0 saturated heterocycles. The second kappa shape index (κ2) is 10.2. The summed E-state index contributed by atoms with van der Waals surface area (Å²) in [6, 6.07) is 13.8. The van der Waals surface area contributed by atoms with E-state index in [1.54, 1.807) is 31.4 Å². The Kier molecular flexibility index (Phi) is 7.40. The fourth-order valence-electron chi connectivity index (χ4n) is 2.66. The van der Waals surface area contributed by atoms with Crippen molar-refractivity contribution >= 4 is 34.7 Å². The number of hydrogen-bond acceptors (Lipinski definition) is 6. The molecule has 3 aromatic rings. The Morgan fingerprint density at radius 3 is 2.55 bits per heavy atom. The number of amides is 2. The molecule has 1 heterocycles. The summed E-state index contributed by atoms with van der Waals surface area (Å²) in [5.41, 5.74) is 1.65. The van der Waals surface area contributed by atoms with Crippen molar-refractivity contribution in [3.05, 3.63) is 69.1 Å². The number of ether oxygens (including phenoxy) is 1. The lowest BCUT2D eigenvalue weighted by molar-refractivity contribution is 0.248. The number of hydrogen-bond donors (Lipinski definition) is 3. The molecule has 0 saturated carbocycles. The molecule has 0 aliphatic carbocycles. The molecule has 0 radical (unpaired) electrons. The summed E-state index contributed by atoms with van der Waals surface area (Å²) < 4.78 is 5.20. The highest BCUT2D eigenvalue weighted by molar-refractivity contribution is 7.11. The average molecular weight is 433 g/mol. The summed E-state index contributed by atoms with van der Waals surface area (Å²) in [4.78, 5) is 12.5. The Balaban J connectivity index is 1.75. The van der Waals surface area contributed by atoms with E-state index in [4.69, 9.17) is 21.4 Å². The van der Waals surface area contributed by atoms with Crippen LogP contribution < -0.4 is 15.4 Å². The van der Waals surface area contributed by atoms with Crippen LogP contribution in [0.4, 0.5) is 10.5 Å². The van der Waals surface area contributed by atoms with Crippen molar-refractivity contribution in [3.63, 3.8) is 0 Å². The summed E-state index contributed by atoms with van der Waals surface area (Å²) >= 11 is 7.26. The quantitative estimate of drug-likeness (QED) is 0.502. The number of carbonyl (C=O) groups is 1. The van der Waals surface area contributed by atoms with Gasteiger partial charge in [-0.2, -0.15) is 0 Å². The number of benzene rings is 2. The smallest absolute Gasteiger partial charge is 0.319 e. The molecule has 2 amide bonds. The Morgan fingerprint density at radius 1 is 1.17 bits per heavy atom. The van der Waals surface area contributed by atoms with Gasteiger partial charge in [-0.25, -0.2) is 4.79 Å². The number of carbonyl (C=O) groups excluding carboxylic acids is 1. The van der Waals surface area contributed by atoms with E-state index in [9.17, 15) is 4.79 Å². The van der Waals surface area contributed by atoms with Crippen molar-refractivity contribution in [1.82, 2.24) is 15.5 Å². The van der Waals surface area contributed by atoms with E-state index < -0.39 is 0 Å². The van der Waals surface area contributed by atoms with E-state index >= 15 is 0 Å². The fourth-order valence-corrected chi connectivity index (χ4v) is 3.67. The number of urea groups is 1. The van der Waals surface area contributed by atoms with Gasteiger partial charge in [0.25, 0.3) is 0 Å². The third kappa shape index (κ3) is 6.15. The van der Waals surface area contributed by atoms with Crippen LogP contribution in [-0.4, -0.2) is 35.1 Å². The van der Waals surface area contributed by atoms with E-state index in [-0.39, 0.29) is 18.7 Å². The number of halogens is 1. The van der Waals surface area contributed by atoms with Crippen LogP contribution in [0.25, 0.3) is 0 Å². The minimum absolute atomic E-state index is 0.00224. The van der Waals surface area contributed by atoms with E-state index in [1.807, 2.05) is 24.3 Å². The molecule has 0 unspecified atom stereocenters. The van der Waals surface area contributed by atoms with Crippen LogP contribution in [0.3, 0.4) is 0 Å². The standard InChI is InChI=1S/C20H21ClN4O3S/c1-28-16-8-2-13(3-9-16)12-17(19-25-24-18(29-19)10-11-26)23-20(27)22-15-6-4-14(21)5-7-15/h2-9,17,26H,10-12H2,1H3,(H2,22,23,27)/t17-/m0/s1. The number of rotatable bonds is 8. The van der Waals surface area contributed by atoms with Gasteiger partial charge in [0.2, 0.25) is 0 Å². The predicted molar refractivity (Wildman–Crippen MR) is 114 cm³/mol. The summed E-state index contributed by atoms with van der Waals surface area (Å²) in [7, 11) is 1.62. The zero-order valence-corrected chi connectivity index (χ0v) is 17.3. The molecule has 3 N–H and O–H groups in total. The highest BCUT2D eigenvalue weighted by Crippen LogP contribution is 2.24. The Hall–Kier alpha value is -2.68.